The molecule has 8 nitrogen and oxygen atoms in total. The fraction of sp³-hybridized carbons (Fsp3) is 0.300. The molecule has 144 valence electrons. The van der Waals surface area contributed by atoms with Crippen LogP contribution in [-0.2, 0) is 26.6 Å². The van der Waals surface area contributed by atoms with Crippen molar-refractivity contribution in [2.75, 3.05) is 0 Å². The zero-order valence-electron chi connectivity index (χ0n) is 15.8. The lowest BCUT2D eigenvalue weighted by atomic mass is 10.1. The van der Waals surface area contributed by atoms with Crippen LogP contribution in [0.1, 0.15) is 37.7 Å². The third kappa shape index (κ3) is 3.53. The molecule has 1 atom stereocenters. The van der Waals surface area contributed by atoms with Gasteiger partial charge in [-0.15, -0.1) is 0 Å². The first-order valence-electron chi connectivity index (χ1n) is 9.19. The highest BCUT2D eigenvalue weighted by molar-refractivity contribution is 5.96. The monoisotopic (exact) mass is 378 g/mol. The third-order valence-corrected chi connectivity index (χ3v) is 4.92. The Morgan fingerprint density at radius 3 is 2.68 bits per heavy atom. The molecule has 0 aliphatic carbocycles. The van der Waals surface area contributed by atoms with E-state index in [1.54, 1.807) is 28.8 Å². The Bertz CT molecular complexity index is 1020. The third-order valence-electron chi connectivity index (χ3n) is 4.92. The van der Waals surface area contributed by atoms with Gasteiger partial charge in [-0.05, 0) is 12.5 Å². The minimum absolute atomic E-state index is 0.100. The standard InChI is InChI=1S/C20H22N6O2/c1-13-17(12-25(2)24-13)20(28)23-15-8-18-16(10-22-26(18)11-15)19(27)21-9-14-6-4-3-5-7-14/h3-7,10,12,15H,8-9,11H2,1-2H3,(H,21,27)(H,23,28)/t15-/m0/s1. The number of benzene rings is 1. The molecule has 2 aromatic heterocycles. The van der Waals surface area contributed by atoms with Gasteiger partial charge < -0.3 is 10.6 Å². The topological polar surface area (TPSA) is 93.8 Å². The van der Waals surface area contributed by atoms with Crippen molar-refractivity contribution in [3.05, 3.63) is 70.8 Å². The summed E-state index contributed by atoms with van der Waals surface area (Å²) in [5, 5.41) is 14.5. The maximum atomic E-state index is 12.6. The Morgan fingerprint density at radius 2 is 1.96 bits per heavy atom. The number of aromatic nitrogens is 4. The lowest BCUT2D eigenvalue weighted by Gasteiger charge is -2.11. The molecule has 0 unspecified atom stereocenters. The van der Waals surface area contributed by atoms with Crippen molar-refractivity contribution < 1.29 is 9.59 Å². The van der Waals surface area contributed by atoms with Gasteiger partial charge in [0.2, 0.25) is 0 Å². The lowest BCUT2D eigenvalue weighted by molar-refractivity contribution is 0.0934. The van der Waals surface area contributed by atoms with Gasteiger partial charge in [-0.3, -0.25) is 19.0 Å². The molecule has 0 fully saturated rings. The van der Waals surface area contributed by atoms with Crippen LogP contribution in [0.4, 0.5) is 0 Å². The van der Waals surface area contributed by atoms with Crippen molar-refractivity contribution in [2.45, 2.75) is 32.5 Å². The maximum absolute atomic E-state index is 12.6. The molecule has 0 saturated heterocycles. The van der Waals surface area contributed by atoms with Crippen molar-refractivity contribution in [2.24, 2.45) is 7.05 Å². The summed E-state index contributed by atoms with van der Waals surface area (Å²) in [6, 6.07) is 9.66. The molecule has 0 bridgehead atoms. The van der Waals surface area contributed by atoms with E-state index in [0.717, 1.165) is 11.3 Å². The van der Waals surface area contributed by atoms with Gasteiger partial charge >= 0.3 is 0 Å². The molecule has 0 saturated carbocycles. The number of hydrogen-bond donors (Lipinski definition) is 2. The van der Waals surface area contributed by atoms with Gasteiger partial charge in [0.15, 0.2) is 0 Å². The quantitative estimate of drug-likeness (QED) is 0.698. The summed E-state index contributed by atoms with van der Waals surface area (Å²) in [6.07, 6.45) is 3.87. The van der Waals surface area contributed by atoms with Crippen LogP contribution in [0.15, 0.2) is 42.7 Å². The first-order chi connectivity index (χ1) is 13.5. The Kier molecular flexibility index (Phi) is 4.68. The molecular weight excluding hydrogens is 356 g/mol. The van der Waals surface area contributed by atoms with Gasteiger partial charge in [0.05, 0.1) is 41.3 Å². The predicted molar refractivity (Wildman–Crippen MR) is 103 cm³/mol. The Hall–Kier alpha value is -3.42. The number of fused-ring (bicyclic) bond motifs is 1. The van der Waals surface area contributed by atoms with E-state index in [1.165, 1.54) is 0 Å². The first kappa shape index (κ1) is 18.0. The average Bonchev–Trinajstić information content (AvgIpc) is 3.34. The molecule has 2 N–H and O–H groups in total. The maximum Gasteiger partial charge on any atom is 0.255 e. The van der Waals surface area contributed by atoms with Crippen molar-refractivity contribution in [1.82, 2.24) is 30.2 Å². The van der Waals surface area contributed by atoms with Gasteiger partial charge in [0, 0.05) is 26.2 Å². The zero-order chi connectivity index (χ0) is 19.7. The smallest absolute Gasteiger partial charge is 0.255 e. The van der Waals surface area contributed by atoms with Crippen LogP contribution in [0.3, 0.4) is 0 Å². The average molecular weight is 378 g/mol. The molecule has 1 aliphatic heterocycles. The number of nitrogens with zero attached hydrogens (tertiary/aromatic N) is 4. The molecular formula is C20H22N6O2. The van der Waals surface area contributed by atoms with Crippen LogP contribution in [-0.4, -0.2) is 37.4 Å². The van der Waals surface area contributed by atoms with Gasteiger partial charge in [-0.25, -0.2) is 0 Å². The van der Waals surface area contributed by atoms with E-state index in [1.807, 2.05) is 37.3 Å². The van der Waals surface area contributed by atoms with Crippen LogP contribution in [0.5, 0.6) is 0 Å². The second kappa shape index (κ2) is 7.30. The Morgan fingerprint density at radius 1 is 1.18 bits per heavy atom. The van der Waals surface area contributed by atoms with E-state index >= 15 is 0 Å². The molecule has 1 aromatic carbocycles. The van der Waals surface area contributed by atoms with Gasteiger partial charge in [-0.1, -0.05) is 30.3 Å². The van der Waals surface area contributed by atoms with Gasteiger partial charge in [-0.2, -0.15) is 10.2 Å². The number of carbonyl (C=O) groups is 2. The fourth-order valence-corrected chi connectivity index (χ4v) is 3.54. The van der Waals surface area contributed by atoms with E-state index < -0.39 is 0 Å². The normalized spacial score (nSPS) is 15.3. The number of amides is 2. The minimum atomic E-state index is -0.156. The van der Waals surface area contributed by atoms with Crippen LogP contribution < -0.4 is 10.6 Å². The highest BCUT2D eigenvalue weighted by Crippen LogP contribution is 2.19. The molecule has 28 heavy (non-hydrogen) atoms. The van der Waals surface area contributed by atoms with Gasteiger partial charge in [0.1, 0.15) is 0 Å². The van der Waals surface area contributed by atoms with Crippen LogP contribution in [0.25, 0.3) is 0 Å². The summed E-state index contributed by atoms with van der Waals surface area (Å²) in [5.41, 5.74) is 3.70. The summed E-state index contributed by atoms with van der Waals surface area (Å²) in [6.45, 7) is 2.82. The second-order valence-corrected chi connectivity index (χ2v) is 7.03. The number of hydrogen-bond acceptors (Lipinski definition) is 4. The number of rotatable bonds is 5. The van der Waals surface area contributed by atoms with E-state index in [-0.39, 0.29) is 17.9 Å². The van der Waals surface area contributed by atoms with Gasteiger partial charge in [0.25, 0.3) is 11.8 Å². The second-order valence-electron chi connectivity index (χ2n) is 7.03. The summed E-state index contributed by atoms with van der Waals surface area (Å²) in [4.78, 5) is 25.1. The van der Waals surface area contributed by atoms with Crippen LogP contribution >= 0.6 is 0 Å². The fourth-order valence-electron chi connectivity index (χ4n) is 3.54. The molecule has 2 amide bonds. The van der Waals surface area contributed by atoms with Crippen molar-refractivity contribution in [3.8, 4) is 0 Å². The largest absolute Gasteiger partial charge is 0.348 e. The van der Waals surface area contributed by atoms with Crippen molar-refractivity contribution in [1.29, 1.82) is 0 Å². The Balaban J connectivity index is 1.39. The molecule has 1 aliphatic rings. The summed E-state index contributed by atoms with van der Waals surface area (Å²) in [7, 11) is 1.79. The Labute approximate surface area is 162 Å². The molecule has 0 radical (unpaired) electrons. The summed E-state index contributed by atoms with van der Waals surface area (Å²) >= 11 is 0. The number of nitrogens with one attached hydrogen (secondary N) is 2. The molecule has 4 rings (SSSR count). The molecule has 0 spiro atoms. The van der Waals surface area contributed by atoms with E-state index in [9.17, 15) is 9.59 Å². The van der Waals surface area contributed by atoms with Crippen molar-refractivity contribution >= 4 is 11.8 Å². The minimum Gasteiger partial charge on any atom is -0.348 e. The first-order valence-corrected chi connectivity index (χ1v) is 9.19. The summed E-state index contributed by atoms with van der Waals surface area (Å²) in [5.74, 6) is -0.309. The van der Waals surface area contributed by atoms with E-state index in [2.05, 4.69) is 20.8 Å². The molecule has 3 heterocycles. The molecule has 3 aromatic rings. The SMILES string of the molecule is Cc1nn(C)cc1C(=O)N[C@H]1Cc2c(C(=O)NCc3ccccc3)cnn2C1. The van der Waals surface area contributed by atoms with Crippen LogP contribution in [0, 0.1) is 6.92 Å². The lowest BCUT2D eigenvalue weighted by Crippen LogP contribution is -2.36. The van der Waals surface area contributed by atoms with Crippen LogP contribution in [0.2, 0.25) is 0 Å². The predicted octanol–water partition coefficient (Wildman–Crippen LogP) is 1.21. The highest BCUT2D eigenvalue weighted by atomic mass is 16.2. The van der Waals surface area contributed by atoms with E-state index in [0.29, 0.717) is 36.3 Å². The number of carbonyl (C=O) groups excluding carboxylic acids is 2. The zero-order valence-corrected chi connectivity index (χ0v) is 15.8. The highest BCUT2D eigenvalue weighted by Gasteiger charge is 2.29. The van der Waals surface area contributed by atoms with E-state index in [4.69, 9.17) is 0 Å². The summed E-state index contributed by atoms with van der Waals surface area (Å²) < 4.78 is 3.41. The molecule has 8 heteroatoms. The number of aryl methyl sites for hydroxylation is 2. The van der Waals surface area contributed by atoms with Crippen molar-refractivity contribution in [3.63, 3.8) is 0 Å².